The van der Waals surface area contributed by atoms with E-state index in [1.54, 1.807) is 0 Å². The van der Waals surface area contributed by atoms with Crippen LogP contribution in [0.15, 0.2) is 42.6 Å². The van der Waals surface area contributed by atoms with Gasteiger partial charge in [-0.1, -0.05) is 43.7 Å². The maximum Gasteiger partial charge on any atom is 0.165 e. The number of aryl methyl sites for hydroxylation is 1. The smallest absolute Gasteiger partial charge is 0.165 e. The maximum atomic E-state index is 4.66. The number of aromatic nitrogens is 3. The molecule has 0 unspecified atom stereocenters. The molecule has 0 aliphatic heterocycles. The molecule has 2 heterocycles. The highest BCUT2D eigenvalue weighted by Crippen LogP contribution is 2.25. The number of nitrogens with zero attached hydrogens (tertiary/aromatic N) is 3. The van der Waals surface area contributed by atoms with Crippen molar-refractivity contribution in [2.24, 2.45) is 0 Å². The van der Waals surface area contributed by atoms with Crippen LogP contribution in [0, 0.1) is 6.92 Å². The minimum Gasteiger partial charge on any atom is -0.370 e. The number of fused-ring (bicyclic) bond motifs is 1. The Bertz CT molecular complexity index is 731. The van der Waals surface area contributed by atoms with Gasteiger partial charge in [0.25, 0.3) is 0 Å². The number of unbranched alkanes of at least 4 members (excludes halogenated alkanes) is 1. The van der Waals surface area contributed by atoms with Gasteiger partial charge in [-0.3, -0.25) is 0 Å². The molecular formula is C17H20N4. The first-order valence-electron chi connectivity index (χ1n) is 7.44. The Morgan fingerprint density at radius 1 is 1.19 bits per heavy atom. The molecule has 0 saturated heterocycles. The molecule has 0 bridgehead atoms. The Hall–Kier alpha value is -2.36. The lowest BCUT2D eigenvalue weighted by Crippen LogP contribution is -2.07. The molecule has 0 amide bonds. The SMILES string of the molecule is CCCCNc1cc(C)nc2c(-c3ccccc3)cnn12. The Kier molecular flexibility index (Phi) is 3.86. The molecule has 1 N–H and O–H groups in total. The molecule has 3 aromatic rings. The van der Waals surface area contributed by atoms with E-state index >= 15 is 0 Å². The van der Waals surface area contributed by atoms with Crippen LogP contribution in [-0.4, -0.2) is 21.1 Å². The Morgan fingerprint density at radius 2 is 2.00 bits per heavy atom. The monoisotopic (exact) mass is 280 g/mol. The van der Waals surface area contributed by atoms with Crippen LogP contribution in [0.2, 0.25) is 0 Å². The third kappa shape index (κ3) is 2.75. The molecule has 0 atom stereocenters. The van der Waals surface area contributed by atoms with E-state index in [0.717, 1.165) is 41.3 Å². The fraction of sp³-hybridized carbons (Fsp3) is 0.294. The summed E-state index contributed by atoms with van der Waals surface area (Å²) in [6, 6.07) is 12.3. The average molecular weight is 280 g/mol. The van der Waals surface area contributed by atoms with Crippen LogP contribution in [0.1, 0.15) is 25.5 Å². The van der Waals surface area contributed by atoms with Crippen molar-refractivity contribution < 1.29 is 0 Å². The zero-order valence-electron chi connectivity index (χ0n) is 12.5. The number of benzene rings is 1. The second kappa shape index (κ2) is 5.95. The zero-order chi connectivity index (χ0) is 14.7. The Morgan fingerprint density at radius 3 is 2.76 bits per heavy atom. The van der Waals surface area contributed by atoms with E-state index in [1.165, 1.54) is 6.42 Å². The summed E-state index contributed by atoms with van der Waals surface area (Å²) in [7, 11) is 0. The zero-order valence-corrected chi connectivity index (χ0v) is 12.5. The van der Waals surface area contributed by atoms with E-state index in [2.05, 4.69) is 34.5 Å². The topological polar surface area (TPSA) is 42.2 Å². The predicted octanol–water partition coefficient (Wildman–Crippen LogP) is 3.92. The third-order valence-electron chi connectivity index (χ3n) is 3.52. The third-order valence-corrected chi connectivity index (χ3v) is 3.52. The van der Waals surface area contributed by atoms with Gasteiger partial charge in [-0.2, -0.15) is 9.61 Å². The van der Waals surface area contributed by atoms with E-state index < -0.39 is 0 Å². The van der Waals surface area contributed by atoms with Gasteiger partial charge in [0.05, 0.1) is 6.20 Å². The molecule has 21 heavy (non-hydrogen) atoms. The molecule has 0 aliphatic carbocycles. The second-order valence-electron chi connectivity index (χ2n) is 5.22. The fourth-order valence-electron chi connectivity index (χ4n) is 2.42. The van der Waals surface area contributed by atoms with Crippen LogP contribution in [0.4, 0.5) is 5.82 Å². The minimum absolute atomic E-state index is 0.903. The highest BCUT2D eigenvalue weighted by Gasteiger charge is 2.11. The summed E-state index contributed by atoms with van der Waals surface area (Å²) in [5.74, 6) is 1.01. The molecule has 0 spiro atoms. The first-order valence-corrected chi connectivity index (χ1v) is 7.44. The van der Waals surface area contributed by atoms with Gasteiger partial charge in [0.1, 0.15) is 5.82 Å². The summed E-state index contributed by atoms with van der Waals surface area (Å²) < 4.78 is 1.89. The largest absolute Gasteiger partial charge is 0.370 e. The molecule has 108 valence electrons. The van der Waals surface area contributed by atoms with Gasteiger partial charge in [0.15, 0.2) is 5.65 Å². The Balaban J connectivity index is 2.05. The quantitative estimate of drug-likeness (QED) is 0.720. The van der Waals surface area contributed by atoms with Crippen LogP contribution >= 0.6 is 0 Å². The number of hydrogen-bond acceptors (Lipinski definition) is 3. The number of anilines is 1. The van der Waals surface area contributed by atoms with Crippen molar-refractivity contribution >= 4 is 11.5 Å². The van der Waals surface area contributed by atoms with Gasteiger partial charge in [0.2, 0.25) is 0 Å². The molecule has 0 saturated carbocycles. The summed E-state index contributed by atoms with van der Waals surface area (Å²) in [5, 5.41) is 7.96. The summed E-state index contributed by atoms with van der Waals surface area (Å²) in [6.45, 7) is 5.17. The average Bonchev–Trinajstić information content (AvgIpc) is 2.92. The van der Waals surface area contributed by atoms with Crippen molar-refractivity contribution in [1.82, 2.24) is 14.6 Å². The van der Waals surface area contributed by atoms with E-state index in [0.29, 0.717) is 0 Å². The van der Waals surface area contributed by atoms with E-state index in [4.69, 9.17) is 0 Å². The number of nitrogens with one attached hydrogen (secondary N) is 1. The lowest BCUT2D eigenvalue weighted by atomic mass is 10.1. The maximum absolute atomic E-state index is 4.66. The first kappa shape index (κ1) is 13.6. The first-order chi connectivity index (χ1) is 10.3. The second-order valence-corrected chi connectivity index (χ2v) is 5.22. The molecule has 1 aromatic carbocycles. The highest BCUT2D eigenvalue weighted by molar-refractivity contribution is 5.78. The summed E-state index contributed by atoms with van der Waals surface area (Å²) >= 11 is 0. The molecule has 4 nitrogen and oxygen atoms in total. The number of rotatable bonds is 5. The van der Waals surface area contributed by atoms with Crippen molar-refractivity contribution in [1.29, 1.82) is 0 Å². The molecule has 0 radical (unpaired) electrons. The molecule has 0 aliphatic rings. The van der Waals surface area contributed by atoms with Gasteiger partial charge >= 0.3 is 0 Å². The van der Waals surface area contributed by atoms with Gasteiger partial charge in [-0.15, -0.1) is 0 Å². The van der Waals surface area contributed by atoms with Gasteiger partial charge < -0.3 is 5.32 Å². The molecule has 2 aromatic heterocycles. The van der Waals surface area contributed by atoms with Gasteiger partial charge in [-0.05, 0) is 18.9 Å². The molecule has 3 rings (SSSR count). The van der Waals surface area contributed by atoms with Crippen molar-refractivity contribution in [2.45, 2.75) is 26.7 Å². The van der Waals surface area contributed by atoms with Crippen molar-refractivity contribution in [2.75, 3.05) is 11.9 Å². The van der Waals surface area contributed by atoms with Gasteiger partial charge in [0, 0.05) is 23.9 Å². The number of hydrogen-bond donors (Lipinski definition) is 1. The van der Waals surface area contributed by atoms with Crippen molar-refractivity contribution in [3.63, 3.8) is 0 Å². The minimum atomic E-state index is 0.903. The lowest BCUT2D eigenvalue weighted by molar-refractivity contribution is 0.819. The lowest BCUT2D eigenvalue weighted by Gasteiger charge is -2.09. The van der Waals surface area contributed by atoms with E-state index in [-0.39, 0.29) is 0 Å². The van der Waals surface area contributed by atoms with Crippen molar-refractivity contribution in [3.8, 4) is 11.1 Å². The van der Waals surface area contributed by atoms with Crippen LogP contribution in [0.3, 0.4) is 0 Å². The highest BCUT2D eigenvalue weighted by atomic mass is 15.3. The van der Waals surface area contributed by atoms with Gasteiger partial charge in [-0.25, -0.2) is 4.98 Å². The normalized spacial score (nSPS) is 11.0. The summed E-state index contributed by atoms with van der Waals surface area (Å²) in [5.41, 5.74) is 4.11. The molecule has 4 heteroatoms. The predicted molar refractivity (Wildman–Crippen MR) is 86.6 cm³/mol. The Labute approximate surface area is 124 Å². The fourth-order valence-corrected chi connectivity index (χ4v) is 2.42. The van der Waals surface area contributed by atoms with Crippen LogP contribution in [-0.2, 0) is 0 Å². The van der Waals surface area contributed by atoms with Crippen LogP contribution in [0.25, 0.3) is 16.8 Å². The van der Waals surface area contributed by atoms with Crippen LogP contribution in [0.5, 0.6) is 0 Å². The molecular weight excluding hydrogens is 260 g/mol. The molecule has 0 fully saturated rings. The van der Waals surface area contributed by atoms with Crippen LogP contribution < -0.4 is 5.32 Å². The standard InChI is InChI=1S/C17H20N4/c1-3-4-10-18-16-11-13(2)20-17-15(12-19-21(16)17)14-8-6-5-7-9-14/h5-9,11-12,18H,3-4,10H2,1-2H3. The summed E-state index contributed by atoms with van der Waals surface area (Å²) in [6.07, 6.45) is 4.21. The summed E-state index contributed by atoms with van der Waals surface area (Å²) in [4.78, 5) is 4.66. The van der Waals surface area contributed by atoms with E-state index in [1.807, 2.05) is 41.9 Å². The van der Waals surface area contributed by atoms with E-state index in [9.17, 15) is 0 Å². The van der Waals surface area contributed by atoms with Crippen molar-refractivity contribution in [3.05, 3.63) is 48.3 Å².